The Morgan fingerprint density at radius 3 is 2.91 bits per heavy atom. The van der Waals surface area contributed by atoms with Crippen molar-refractivity contribution in [2.24, 2.45) is 5.41 Å². The summed E-state index contributed by atoms with van der Waals surface area (Å²) in [5.41, 5.74) is 4.91. The first-order chi connectivity index (χ1) is 10.6. The fraction of sp³-hybridized carbons (Fsp3) is 0.625. The van der Waals surface area contributed by atoms with Crippen LogP contribution in [-0.2, 0) is 13.0 Å². The fourth-order valence-corrected chi connectivity index (χ4v) is 4.49. The Morgan fingerprint density at radius 1 is 1.45 bits per heavy atom. The first-order valence-electron chi connectivity index (χ1n) is 7.93. The highest BCUT2D eigenvalue weighted by Crippen LogP contribution is 2.50. The maximum Gasteiger partial charge on any atom is 0.276 e. The lowest BCUT2D eigenvalue weighted by atomic mass is 9.60. The van der Waals surface area contributed by atoms with Gasteiger partial charge in [-0.25, -0.2) is 5.48 Å². The van der Waals surface area contributed by atoms with Crippen LogP contribution in [0.4, 0.5) is 0 Å². The number of fused-ring (bicyclic) bond motifs is 1. The molecule has 0 bridgehead atoms. The SMILES string of the molecule is CN1CC2(CC(N3CCc4cc(C(=O)NO)cnc4C3)C2)C1. The van der Waals surface area contributed by atoms with Gasteiger partial charge in [-0.05, 0) is 43.4 Å². The van der Waals surface area contributed by atoms with Gasteiger partial charge in [-0.3, -0.25) is 19.9 Å². The number of pyridine rings is 1. The van der Waals surface area contributed by atoms with Gasteiger partial charge in [-0.2, -0.15) is 0 Å². The van der Waals surface area contributed by atoms with Gasteiger partial charge in [0.15, 0.2) is 0 Å². The lowest BCUT2D eigenvalue weighted by Gasteiger charge is -2.60. The third kappa shape index (κ3) is 2.22. The molecule has 22 heavy (non-hydrogen) atoms. The third-order valence-corrected chi connectivity index (χ3v) is 5.51. The molecule has 6 nitrogen and oxygen atoms in total. The fourth-order valence-electron chi connectivity index (χ4n) is 4.49. The van der Waals surface area contributed by atoms with Gasteiger partial charge in [-0.15, -0.1) is 0 Å². The molecule has 0 atom stereocenters. The van der Waals surface area contributed by atoms with Crippen LogP contribution in [0.25, 0.3) is 0 Å². The second kappa shape index (κ2) is 5.01. The van der Waals surface area contributed by atoms with Crippen LogP contribution in [0.1, 0.15) is 34.5 Å². The number of hydrogen-bond donors (Lipinski definition) is 2. The molecule has 2 N–H and O–H groups in total. The average Bonchev–Trinajstić information content (AvgIpc) is 2.47. The lowest BCUT2D eigenvalue weighted by Crippen LogP contribution is -2.65. The summed E-state index contributed by atoms with van der Waals surface area (Å²) in [6, 6.07) is 2.55. The summed E-state index contributed by atoms with van der Waals surface area (Å²) >= 11 is 0. The van der Waals surface area contributed by atoms with E-state index in [-0.39, 0.29) is 0 Å². The van der Waals surface area contributed by atoms with E-state index in [1.807, 2.05) is 6.07 Å². The number of amides is 1. The maximum atomic E-state index is 11.4. The molecule has 118 valence electrons. The topological polar surface area (TPSA) is 68.7 Å². The molecule has 3 aliphatic rings. The van der Waals surface area contributed by atoms with Gasteiger partial charge in [0.25, 0.3) is 5.91 Å². The summed E-state index contributed by atoms with van der Waals surface area (Å²) in [5, 5.41) is 8.70. The van der Waals surface area contributed by atoms with E-state index < -0.39 is 5.91 Å². The molecular formula is C16H22N4O2. The van der Waals surface area contributed by atoms with Crippen LogP contribution < -0.4 is 5.48 Å². The van der Waals surface area contributed by atoms with Crippen LogP contribution in [0.3, 0.4) is 0 Å². The summed E-state index contributed by atoms with van der Waals surface area (Å²) < 4.78 is 0. The molecule has 1 saturated heterocycles. The summed E-state index contributed by atoms with van der Waals surface area (Å²) in [4.78, 5) is 20.8. The zero-order valence-corrected chi connectivity index (χ0v) is 12.9. The van der Waals surface area contributed by atoms with Crippen molar-refractivity contribution < 1.29 is 10.0 Å². The van der Waals surface area contributed by atoms with Crippen LogP contribution >= 0.6 is 0 Å². The number of hydrogen-bond acceptors (Lipinski definition) is 5. The summed E-state index contributed by atoms with van der Waals surface area (Å²) in [7, 11) is 2.19. The molecule has 1 aromatic rings. The highest BCUT2D eigenvalue weighted by molar-refractivity contribution is 5.93. The Balaban J connectivity index is 1.41. The minimum atomic E-state index is -0.493. The number of rotatable bonds is 2. The van der Waals surface area contributed by atoms with Gasteiger partial charge in [0.05, 0.1) is 11.3 Å². The van der Waals surface area contributed by atoms with E-state index in [0.717, 1.165) is 30.8 Å². The van der Waals surface area contributed by atoms with Crippen LogP contribution in [-0.4, -0.2) is 58.6 Å². The number of hydroxylamine groups is 1. The summed E-state index contributed by atoms with van der Waals surface area (Å²) in [6.45, 7) is 4.43. The van der Waals surface area contributed by atoms with Crippen LogP contribution in [0.2, 0.25) is 0 Å². The van der Waals surface area contributed by atoms with E-state index in [1.54, 1.807) is 11.7 Å². The van der Waals surface area contributed by atoms with Crippen molar-refractivity contribution in [3.63, 3.8) is 0 Å². The second-order valence-electron chi connectivity index (χ2n) is 7.23. The predicted octanol–water partition coefficient (Wildman–Crippen LogP) is 0.653. The molecule has 1 aliphatic carbocycles. The molecule has 1 aromatic heterocycles. The van der Waals surface area contributed by atoms with Gasteiger partial charge in [0.1, 0.15) is 0 Å². The van der Waals surface area contributed by atoms with Crippen molar-refractivity contribution >= 4 is 5.91 Å². The number of nitrogens with one attached hydrogen (secondary N) is 1. The van der Waals surface area contributed by atoms with E-state index in [0.29, 0.717) is 17.0 Å². The maximum absolute atomic E-state index is 11.4. The van der Waals surface area contributed by atoms with Crippen LogP contribution in [0.15, 0.2) is 12.3 Å². The minimum absolute atomic E-state index is 0.426. The van der Waals surface area contributed by atoms with E-state index in [1.165, 1.54) is 25.9 Å². The molecule has 1 saturated carbocycles. The largest absolute Gasteiger partial charge is 0.305 e. The quantitative estimate of drug-likeness (QED) is 0.620. The van der Waals surface area contributed by atoms with E-state index >= 15 is 0 Å². The van der Waals surface area contributed by atoms with E-state index in [4.69, 9.17) is 5.21 Å². The predicted molar refractivity (Wildman–Crippen MR) is 80.6 cm³/mol. The molecule has 2 fully saturated rings. The number of likely N-dealkylation sites (tertiary alicyclic amines) is 1. The normalized spacial score (nSPS) is 24.5. The molecule has 1 amide bonds. The highest BCUT2D eigenvalue weighted by Gasteiger charge is 2.52. The number of aromatic nitrogens is 1. The standard InChI is InChI=1S/C16H22N4O2/c1-19-9-16(10-19)5-13(6-16)20-3-2-11-4-12(15(21)18-22)7-17-14(11)8-20/h4,7,13,22H,2-3,5-6,8-10H2,1H3,(H,18,21). The second-order valence-corrected chi connectivity index (χ2v) is 7.23. The molecule has 0 radical (unpaired) electrons. The van der Waals surface area contributed by atoms with Gasteiger partial charge >= 0.3 is 0 Å². The highest BCUT2D eigenvalue weighted by atomic mass is 16.5. The van der Waals surface area contributed by atoms with Gasteiger partial charge in [0.2, 0.25) is 0 Å². The number of nitrogens with zero attached hydrogens (tertiary/aromatic N) is 3. The molecule has 3 heterocycles. The Morgan fingerprint density at radius 2 is 2.23 bits per heavy atom. The molecular weight excluding hydrogens is 280 g/mol. The van der Waals surface area contributed by atoms with Crippen molar-refractivity contribution in [1.82, 2.24) is 20.3 Å². The van der Waals surface area contributed by atoms with Crippen molar-refractivity contribution in [2.45, 2.75) is 31.8 Å². The molecule has 1 spiro atoms. The molecule has 4 rings (SSSR count). The van der Waals surface area contributed by atoms with E-state index in [9.17, 15) is 4.79 Å². The average molecular weight is 302 g/mol. The first-order valence-corrected chi connectivity index (χ1v) is 7.93. The smallest absolute Gasteiger partial charge is 0.276 e. The molecule has 0 aromatic carbocycles. The van der Waals surface area contributed by atoms with Crippen molar-refractivity contribution in [1.29, 1.82) is 0 Å². The Kier molecular flexibility index (Phi) is 3.21. The van der Waals surface area contributed by atoms with Crippen molar-refractivity contribution in [3.05, 3.63) is 29.1 Å². The number of carbonyl (C=O) groups is 1. The molecule has 0 unspecified atom stereocenters. The van der Waals surface area contributed by atoms with Gasteiger partial charge < -0.3 is 4.90 Å². The Hall–Kier alpha value is -1.50. The Labute approximate surface area is 130 Å². The van der Waals surface area contributed by atoms with Crippen LogP contribution in [0, 0.1) is 5.41 Å². The first kappa shape index (κ1) is 14.1. The molecule has 2 aliphatic heterocycles. The Bertz CT molecular complexity index is 604. The third-order valence-electron chi connectivity index (χ3n) is 5.51. The minimum Gasteiger partial charge on any atom is -0.305 e. The van der Waals surface area contributed by atoms with Crippen molar-refractivity contribution in [2.75, 3.05) is 26.7 Å². The molecule has 6 heteroatoms. The summed E-state index contributed by atoms with van der Waals surface area (Å²) in [5.74, 6) is -0.493. The monoisotopic (exact) mass is 302 g/mol. The zero-order chi connectivity index (χ0) is 15.3. The number of carbonyl (C=O) groups excluding carboxylic acids is 1. The van der Waals surface area contributed by atoms with Gasteiger partial charge in [0, 0.05) is 38.4 Å². The van der Waals surface area contributed by atoms with Crippen molar-refractivity contribution in [3.8, 4) is 0 Å². The van der Waals surface area contributed by atoms with Crippen LogP contribution in [0.5, 0.6) is 0 Å². The van der Waals surface area contributed by atoms with E-state index in [2.05, 4.69) is 21.8 Å². The lowest BCUT2D eigenvalue weighted by molar-refractivity contribution is -0.102. The van der Waals surface area contributed by atoms with Gasteiger partial charge in [-0.1, -0.05) is 0 Å². The zero-order valence-electron chi connectivity index (χ0n) is 12.9. The summed E-state index contributed by atoms with van der Waals surface area (Å²) in [6.07, 6.45) is 5.12.